The number of amides is 1. The monoisotopic (exact) mass is 489 g/mol. The minimum atomic E-state index is -0.175. The fraction of sp³-hybridized carbons (Fsp3) is 0.520. The molecule has 2 fully saturated rings. The lowest BCUT2D eigenvalue weighted by Gasteiger charge is -2.47. The highest BCUT2D eigenvalue weighted by Crippen LogP contribution is 2.30. The van der Waals surface area contributed by atoms with Crippen LogP contribution in [0.5, 0.6) is 0 Å². The van der Waals surface area contributed by atoms with Crippen LogP contribution in [0.3, 0.4) is 0 Å². The summed E-state index contributed by atoms with van der Waals surface area (Å²) in [4.78, 5) is 23.8. The third kappa shape index (κ3) is 5.46. The molecule has 0 radical (unpaired) electrons. The molecule has 2 saturated heterocycles. The normalized spacial score (nSPS) is 21.7. The zero-order chi connectivity index (χ0) is 23.5. The molecular weight excluding hydrogens is 457 g/mol. The molecule has 1 N–H and O–H groups in total. The molecule has 33 heavy (non-hydrogen) atoms. The number of piperidine rings is 1. The minimum Gasteiger partial charge on any atom is -0.355 e. The molecule has 3 heterocycles. The van der Waals surface area contributed by atoms with Crippen LogP contribution in [0, 0.1) is 0 Å². The van der Waals surface area contributed by atoms with Crippen molar-refractivity contribution in [3.63, 3.8) is 0 Å². The number of aromatic nitrogens is 1. The van der Waals surface area contributed by atoms with E-state index in [0.29, 0.717) is 28.7 Å². The van der Waals surface area contributed by atoms with Gasteiger partial charge in [-0.15, -0.1) is 0 Å². The van der Waals surface area contributed by atoms with Crippen molar-refractivity contribution >= 4 is 34.9 Å². The van der Waals surface area contributed by atoms with Gasteiger partial charge in [0.25, 0.3) is 5.91 Å². The van der Waals surface area contributed by atoms with Crippen LogP contribution in [-0.2, 0) is 0 Å². The first kappa shape index (κ1) is 24.3. The molecule has 0 spiro atoms. The summed E-state index contributed by atoms with van der Waals surface area (Å²) in [6.45, 7) is 9.56. The summed E-state index contributed by atoms with van der Waals surface area (Å²) in [5, 5.41) is 3.93. The lowest BCUT2D eigenvalue weighted by atomic mass is 9.97. The number of carbonyl (C=O) groups is 1. The van der Waals surface area contributed by atoms with E-state index in [1.165, 1.54) is 18.4 Å². The molecule has 0 unspecified atom stereocenters. The molecule has 2 aromatic rings. The average molecular weight is 490 g/mol. The predicted molar refractivity (Wildman–Crippen MR) is 135 cm³/mol. The van der Waals surface area contributed by atoms with Crippen molar-refractivity contribution in [1.29, 1.82) is 0 Å². The molecule has 2 aliphatic rings. The number of rotatable bonds is 5. The summed E-state index contributed by atoms with van der Waals surface area (Å²) in [6.07, 6.45) is 3.97. The molecule has 6 nitrogen and oxygen atoms in total. The fourth-order valence-electron chi connectivity index (χ4n) is 5.20. The number of halogens is 2. The highest BCUT2D eigenvalue weighted by Gasteiger charge is 2.33. The van der Waals surface area contributed by atoms with E-state index >= 15 is 0 Å². The summed E-state index contributed by atoms with van der Waals surface area (Å²) in [5.41, 5.74) is 1.81. The standard InChI is InChI=1S/C25H33Cl2N5O/c1-17-16-31(24-23(27)14-20(15-29-24)25(33)28-3)12-13-32(17)22-8-10-30(11-9-22)18(2)19-4-6-21(26)7-5-19/h4-7,14-15,17-18,22H,8-13,16H2,1-3H3,(H,28,33)/t17-,18-/m0/s1. The Morgan fingerprint density at radius 2 is 1.82 bits per heavy atom. The smallest absolute Gasteiger partial charge is 0.252 e. The van der Waals surface area contributed by atoms with Crippen LogP contribution in [-0.4, -0.2) is 72.5 Å². The third-order valence-corrected chi connectivity index (χ3v) is 7.69. The van der Waals surface area contributed by atoms with Crippen molar-refractivity contribution in [3.8, 4) is 0 Å². The second-order valence-electron chi connectivity index (χ2n) is 9.14. The molecule has 1 aromatic heterocycles. The number of hydrogen-bond acceptors (Lipinski definition) is 5. The number of likely N-dealkylation sites (tertiary alicyclic amines) is 1. The van der Waals surface area contributed by atoms with Crippen LogP contribution in [0.1, 0.15) is 48.7 Å². The van der Waals surface area contributed by atoms with Crippen molar-refractivity contribution in [2.24, 2.45) is 0 Å². The largest absolute Gasteiger partial charge is 0.355 e. The van der Waals surface area contributed by atoms with Gasteiger partial charge in [-0.3, -0.25) is 14.6 Å². The fourth-order valence-corrected chi connectivity index (χ4v) is 5.61. The Morgan fingerprint density at radius 3 is 2.42 bits per heavy atom. The molecule has 0 aliphatic carbocycles. The van der Waals surface area contributed by atoms with Crippen LogP contribution in [0.2, 0.25) is 10.0 Å². The van der Waals surface area contributed by atoms with Gasteiger partial charge in [0.1, 0.15) is 5.82 Å². The number of nitrogens with zero attached hydrogens (tertiary/aromatic N) is 4. The van der Waals surface area contributed by atoms with E-state index in [0.717, 1.165) is 43.6 Å². The number of nitrogens with one attached hydrogen (secondary N) is 1. The Kier molecular flexibility index (Phi) is 7.80. The number of carbonyl (C=O) groups excluding carboxylic acids is 1. The summed E-state index contributed by atoms with van der Waals surface area (Å²) in [5.74, 6) is 0.591. The van der Waals surface area contributed by atoms with Crippen LogP contribution < -0.4 is 10.2 Å². The zero-order valence-corrected chi connectivity index (χ0v) is 21.1. The van der Waals surface area contributed by atoms with Gasteiger partial charge in [-0.05, 0) is 50.5 Å². The van der Waals surface area contributed by atoms with Crippen molar-refractivity contribution in [1.82, 2.24) is 20.1 Å². The topological polar surface area (TPSA) is 51.7 Å². The maximum Gasteiger partial charge on any atom is 0.252 e. The number of hydrogen-bond donors (Lipinski definition) is 1. The van der Waals surface area contributed by atoms with E-state index < -0.39 is 0 Å². The Balaban J connectivity index is 1.33. The molecule has 2 atom stereocenters. The number of anilines is 1. The molecule has 1 aromatic carbocycles. The maximum absolute atomic E-state index is 11.8. The van der Waals surface area contributed by atoms with Gasteiger partial charge in [0.05, 0.1) is 10.6 Å². The van der Waals surface area contributed by atoms with E-state index in [-0.39, 0.29) is 5.91 Å². The van der Waals surface area contributed by atoms with Gasteiger partial charge in [0, 0.05) is 69.1 Å². The Bertz CT molecular complexity index is 962. The van der Waals surface area contributed by atoms with Crippen molar-refractivity contribution in [2.75, 3.05) is 44.7 Å². The third-order valence-electron chi connectivity index (χ3n) is 7.16. The van der Waals surface area contributed by atoms with E-state index in [1.807, 2.05) is 12.1 Å². The first-order valence-electron chi connectivity index (χ1n) is 11.7. The number of pyridine rings is 1. The van der Waals surface area contributed by atoms with E-state index in [2.05, 4.69) is 51.0 Å². The van der Waals surface area contributed by atoms with Crippen molar-refractivity contribution < 1.29 is 4.79 Å². The second kappa shape index (κ2) is 10.6. The van der Waals surface area contributed by atoms with Gasteiger partial charge in [-0.25, -0.2) is 4.98 Å². The summed E-state index contributed by atoms with van der Waals surface area (Å²) in [6, 6.07) is 11.4. The lowest BCUT2D eigenvalue weighted by Crippen LogP contribution is -2.57. The van der Waals surface area contributed by atoms with Crippen LogP contribution in [0.4, 0.5) is 5.82 Å². The Morgan fingerprint density at radius 1 is 1.12 bits per heavy atom. The molecule has 0 saturated carbocycles. The van der Waals surface area contributed by atoms with E-state index in [9.17, 15) is 4.79 Å². The van der Waals surface area contributed by atoms with Gasteiger partial charge < -0.3 is 10.2 Å². The van der Waals surface area contributed by atoms with Crippen LogP contribution >= 0.6 is 23.2 Å². The highest BCUT2D eigenvalue weighted by atomic mass is 35.5. The molecule has 8 heteroatoms. The lowest BCUT2D eigenvalue weighted by molar-refractivity contribution is 0.0583. The van der Waals surface area contributed by atoms with Crippen molar-refractivity contribution in [2.45, 2.75) is 44.8 Å². The van der Waals surface area contributed by atoms with Crippen molar-refractivity contribution in [3.05, 3.63) is 57.7 Å². The quantitative estimate of drug-likeness (QED) is 0.670. The molecule has 178 valence electrons. The average Bonchev–Trinajstić information content (AvgIpc) is 2.83. The van der Waals surface area contributed by atoms with E-state index in [1.54, 1.807) is 19.3 Å². The molecule has 0 bridgehead atoms. The summed E-state index contributed by atoms with van der Waals surface area (Å²) >= 11 is 12.5. The molecule has 1 amide bonds. The zero-order valence-electron chi connectivity index (χ0n) is 19.6. The molecular formula is C25H33Cl2N5O. The Hall–Kier alpha value is -1.86. The highest BCUT2D eigenvalue weighted by molar-refractivity contribution is 6.33. The second-order valence-corrected chi connectivity index (χ2v) is 9.98. The number of benzene rings is 1. The summed E-state index contributed by atoms with van der Waals surface area (Å²) < 4.78 is 0. The van der Waals surface area contributed by atoms with Gasteiger partial charge in [-0.2, -0.15) is 0 Å². The summed E-state index contributed by atoms with van der Waals surface area (Å²) in [7, 11) is 1.61. The van der Waals surface area contributed by atoms with Crippen LogP contribution in [0.25, 0.3) is 0 Å². The first-order chi connectivity index (χ1) is 15.9. The van der Waals surface area contributed by atoms with E-state index in [4.69, 9.17) is 23.2 Å². The maximum atomic E-state index is 11.8. The molecule has 4 rings (SSSR count). The van der Waals surface area contributed by atoms with Gasteiger partial charge in [0.2, 0.25) is 0 Å². The number of piperazine rings is 1. The predicted octanol–water partition coefficient (Wildman–Crippen LogP) is 4.48. The van der Waals surface area contributed by atoms with Gasteiger partial charge in [-0.1, -0.05) is 35.3 Å². The first-order valence-corrected chi connectivity index (χ1v) is 12.5. The van der Waals surface area contributed by atoms with Gasteiger partial charge in [0.15, 0.2) is 0 Å². The Labute approximate surface area is 206 Å². The molecule has 2 aliphatic heterocycles. The minimum absolute atomic E-state index is 0.175. The SMILES string of the molecule is CNC(=O)c1cnc(N2CCN(C3CCN([C@@H](C)c4ccc(Cl)cc4)CC3)[C@@H](C)C2)c(Cl)c1. The van der Waals surface area contributed by atoms with Crippen LogP contribution in [0.15, 0.2) is 36.5 Å². The van der Waals surface area contributed by atoms with Gasteiger partial charge >= 0.3 is 0 Å².